The Morgan fingerprint density at radius 2 is 0.571 bits per heavy atom. The van der Waals surface area contributed by atoms with Gasteiger partial charge in [-0.05, 0) is 135 Å². The van der Waals surface area contributed by atoms with E-state index in [1.54, 1.807) is 0 Å². The van der Waals surface area contributed by atoms with E-state index in [0.29, 0.717) is 95.9 Å². The van der Waals surface area contributed by atoms with Crippen LogP contribution in [0.2, 0.25) is 0 Å². The summed E-state index contributed by atoms with van der Waals surface area (Å²) in [5.41, 5.74) is 4.79. The van der Waals surface area contributed by atoms with Crippen molar-refractivity contribution in [3.8, 4) is 0 Å². The molecule has 0 aromatic rings. The van der Waals surface area contributed by atoms with E-state index in [0.717, 1.165) is 117 Å². The molecule has 77 heavy (non-hydrogen) atoms. The summed E-state index contributed by atoms with van der Waals surface area (Å²) in [4.78, 5) is 71.2. The van der Waals surface area contributed by atoms with Gasteiger partial charge in [-0.3, -0.25) is 28.8 Å². The molecule has 6 fully saturated rings. The summed E-state index contributed by atoms with van der Waals surface area (Å²) in [7, 11) is 0. The first-order valence-corrected chi connectivity index (χ1v) is 28.7. The molecular weight excluding hydrogens is 993 g/mol. The predicted octanol–water partition coefficient (Wildman–Crippen LogP) is -3.79. The number of hydrogen-bond acceptors (Lipinski definition) is 19. The zero-order chi connectivity index (χ0) is 56.3. The Morgan fingerprint density at radius 3 is 0.792 bits per heavy atom. The molecule has 3 atom stereocenters. The van der Waals surface area contributed by atoms with Gasteiger partial charge in [0, 0.05) is 117 Å². The van der Waals surface area contributed by atoms with Gasteiger partial charge in [0.25, 0.3) is 0 Å². The summed E-state index contributed by atoms with van der Waals surface area (Å²) in [5, 5.41) is 79.1. The number of carboxylic acids is 3. The van der Waals surface area contributed by atoms with Gasteiger partial charge >= 0.3 is 17.9 Å². The van der Waals surface area contributed by atoms with Crippen LogP contribution in [0.25, 0.3) is 0 Å². The summed E-state index contributed by atoms with van der Waals surface area (Å²) in [6.07, 6.45) is 3.95. The summed E-state index contributed by atoms with van der Waals surface area (Å²) in [5.74, 6) is -1.91. The van der Waals surface area contributed by atoms with Crippen LogP contribution < -0.4 is 85.5 Å². The van der Waals surface area contributed by atoms with Crippen LogP contribution in [0.4, 0.5) is 0 Å². The summed E-state index contributed by atoms with van der Waals surface area (Å²) in [6, 6.07) is 0. The lowest BCUT2D eigenvalue weighted by atomic mass is 9.96. The third-order valence-electron chi connectivity index (χ3n) is 14.3. The van der Waals surface area contributed by atoms with Gasteiger partial charge in [-0.15, -0.1) is 0 Å². The summed E-state index contributed by atoms with van der Waals surface area (Å²) >= 11 is 0. The molecular formula is C52H104N16O9. The van der Waals surface area contributed by atoms with Gasteiger partial charge in [0.15, 0.2) is 0 Å². The lowest BCUT2D eigenvalue weighted by Crippen LogP contribution is -2.66. The SMILES string of the molecule is CC1CNCC2(N)CNCC(C)CNCC(NC(=O)CCCC(=O)O)(CNC1)CNCC(C)CNC2.O=C(O)CCCC(=O)NC12CNCCCNCC(NC(=O)CCCC(=O)O)(CNCCCNC1)CNCCCNC2. The molecule has 0 saturated carbocycles. The van der Waals surface area contributed by atoms with Crippen LogP contribution in [0.5, 0.6) is 0 Å². The molecule has 0 aromatic heterocycles. The first-order valence-electron chi connectivity index (χ1n) is 28.7. The van der Waals surface area contributed by atoms with E-state index in [2.05, 4.69) is 101 Å². The zero-order valence-electron chi connectivity index (χ0n) is 47.1. The Balaban J connectivity index is 0.000000409. The number of nitrogens with two attached hydrogens (primary N) is 1. The van der Waals surface area contributed by atoms with E-state index in [1.807, 2.05) is 0 Å². The van der Waals surface area contributed by atoms with Crippen LogP contribution in [0, 0.1) is 17.8 Å². The Kier molecular flexibility index (Phi) is 33.4. The molecule has 25 nitrogen and oxygen atoms in total. The monoisotopic (exact) mass is 1100 g/mol. The Bertz CT molecular complexity index is 1550. The molecule has 0 radical (unpaired) electrons. The van der Waals surface area contributed by atoms with Gasteiger partial charge in [0.05, 0.1) is 22.2 Å². The number of hydrogen-bond donors (Lipinski definition) is 19. The zero-order valence-corrected chi connectivity index (χ0v) is 47.1. The molecule has 6 heterocycles. The molecule has 6 aliphatic rings. The number of amides is 3. The lowest BCUT2D eigenvalue weighted by molar-refractivity contribution is -0.138. The Labute approximate surface area is 458 Å². The average molecular weight is 1100 g/mol. The van der Waals surface area contributed by atoms with Gasteiger partial charge in [0.1, 0.15) is 0 Å². The minimum absolute atomic E-state index is 0.00119. The molecule has 6 aliphatic heterocycles. The number of carbonyl (C=O) groups is 6. The lowest BCUT2D eigenvalue weighted by Gasteiger charge is -2.38. The highest BCUT2D eigenvalue weighted by Crippen LogP contribution is 2.11. The first kappa shape index (κ1) is 67.6. The molecule has 3 amide bonds. The van der Waals surface area contributed by atoms with Gasteiger partial charge in [-0.2, -0.15) is 0 Å². The second-order valence-corrected chi connectivity index (χ2v) is 22.8. The van der Waals surface area contributed by atoms with Gasteiger partial charge < -0.3 is 101 Å². The number of rotatable bonds is 15. The van der Waals surface area contributed by atoms with Crippen LogP contribution in [0.1, 0.15) is 97.8 Å². The van der Waals surface area contributed by atoms with E-state index < -0.39 is 34.5 Å². The maximum atomic E-state index is 12.9. The van der Waals surface area contributed by atoms with Crippen LogP contribution in [0.3, 0.4) is 0 Å². The molecule has 20 N–H and O–H groups in total. The fraction of sp³-hybridized carbons (Fsp3) is 0.885. The van der Waals surface area contributed by atoms with Crippen molar-refractivity contribution in [1.29, 1.82) is 0 Å². The molecule has 0 aromatic carbocycles. The molecule has 0 spiro atoms. The fourth-order valence-corrected chi connectivity index (χ4v) is 10.00. The largest absolute Gasteiger partial charge is 0.481 e. The molecule has 6 rings (SSSR count). The number of aliphatic carboxylic acids is 3. The Hall–Kier alpha value is -3.70. The van der Waals surface area contributed by atoms with Crippen molar-refractivity contribution in [2.24, 2.45) is 23.5 Å². The molecule has 25 heteroatoms. The summed E-state index contributed by atoms with van der Waals surface area (Å²) < 4.78 is 0. The standard InChI is InChI=1S/C27H52N8O6.C25H52N8O3/c36-22(6-1-8-24(38)39)34-26-16-28-10-3-13-31-19-27(20-32-14-4-11-29-17-26,21-33-15-5-12-30-18-26)35-23(37)7-2-9-25(40)41;1-19-7-27-13-24(26)14-28-8-20(2)11-31-17-25(16-30-10-19,18-32-12-21(3)9-29-15-24)33-22(34)5-4-6-23(35)36/h28-33H,1-21H2,(H,34,36)(H,35,37)(H,38,39)(H,40,41);19-21,27-32H,4-18,26H2,1-3H3,(H,33,34)(H,35,36). The smallest absolute Gasteiger partial charge is 0.303 e. The highest BCUT2D eigenvalue weighted by molar-refractivity contribution is 5.79. The van der Waals surface area contributed by atoms with E-state index in [9.17, 15) is 28.8 Å². The molecule has 0 aliphatic carbocycles. The maximum Gasteiger partial charge on any atom is 0.303 e. The molecule has 3 unspecified atom stereocenters. The topological polar surface area (TPSA) is 370 Å². The molecule has 6 saturated heterocycles. The van der Waals surface area contributed by atoms with Crippen LogP contribution in [-0.2, 0) is 28.8 Å². The Morgan fingerprint density at radius 1 is 0.364 bits per heavy atom. The van der Waals surface area contributed by atoms with Crippen molar-refractivity contribution >= 4 is 35.6 Å². The van der Waals surface area contributed by atoms with Crippen molar-refractivity contribution in [2.45, 2.75) is 120 Å². The van der Waals surface area contributed by atoms with Crippen LogP contribution >= 0.6 is 0 Å². The summed E-state index contributed by atoms with van der Waals surface area (Å²) in [6.45, 7) is 23.4. The maximum absolute atomic E-state index is 12.9. The minimum Gasteiger partial charge on any atom is -0.481 e. The average Bonchev–Trinajstić information content (AvgIpc) is 3.34. The van der Waals surface area contributed by atoms with E-state index in [4.69, 9.17) is 21.1 Å². The second kappa shape index (κ2) is 38.0. The highest BCUT2D eigenvalue weighted by atomic mass is 16.4. The van der Waals surface area contributed by atoms with Crippen LogP contribution in [0.15, 0.2) is 0 Å². The van der Waals surface area contributed by atoms with Crippen LogP contribution in [-0.4, -0.2) is 230 Å². The second-order valence-electron chi connectivity index (χ2n) is 22.8. The predicted molar refractivity (Wildman–Crippen MR) is 300 cm³/mol. The normalized spacial score (nSPS) is 29.8. The van der Waals surface area contributed by atoms with E-state index in [-0.39, 0.29) is 61.8 Å². The van der Waals surface area contributed by atoms with Crippen molar-refractivity contribution < 1.29 is 44.1 Å². The third kappa shape index (κ3) is 31.0. The quantitative estimate of drug-likeness (QED) is 0.0748. The van der Waals surface area contributed by atoms with Gasteiger partial charge in [-0.1, -0.05) is 20.8 Å². The number of nitrogens with one attached hydrogen (secondary N) is 15. The minimum atomic E-state index is -0.901. The van der Waals surface area contributed by atoms with Crippen molar-refractivity contribution in [3.05, 3.63) is 0 Å². The number of carboxylic acid groups (broad SMARTS) is 3. The van der Waals surface area contributed by atoms with Crippen molar-refractivity contribution in [1.82, 2.24) is 79.8 Å². The van der Waals surface area contributed by atoms with Gasteiger partial charge in [-0.25, -0.2) is 0 Å². The fourth-order valence-electron chi connectivity index (χ4n) is 10.00. The van der Waals surface area contributed by atoms with Crippen molar-refractivity contribution in [2.75, 3.05) is 157 Å². The highest BCUT2D eigenvalue weighted by Gasteiger charge is 2.35. The number of carbonyl (C=O) groups excluding carboxylic acids is 3. The van der Waals surface area contributed by atoms with E-state index in [1.165, 1.54) is 0 Å². The number of fused-ring (bicyclic) bond motifs is 36. The van der Waals surface area contributed by atoms with E-state index >= 15 is 0 Å². The third-order valence-corrected chi connectivity index (χ3v) is 14.3. The molecule has 446 valence electrons. The molecule has 4 bridgehead atoms. The first-order chi connectivity index (χ1) is 36.9. The van der Waals surface area contributed by atoms with Crippen molar-refractivity contribution in [3.63, 3.8) is 0 Å². The van der Waals surface area contributed by atoms with Gasteiger partial charge in [0.2, 0.25) is 17.7 Å².